The highest BCUT2D eigenvalue weighted by atomic mass is 32.1. The van der Waals surface area contributed by atoms with Crippen LogP contribution in [-0.4, -0.2) is 11.0 Å². The topological polar surface area (TPSA) is 39.2 Å². The van der Waals surface area contributed by atoms with E-state index in [2.05, 4.69) is 43.1 Å². The lowest BCUT2D eigenvalue weighted by atomic mass is 10.0. The summed E-state index contributed by atoms with van der Waals surface area (Å²) in [7, 11) is 0. The summed E-state index contributed by atoms with van der Waals surface area (Å²) in [6, 6.07) is 15.9. The van der Waals surface area contributed by atoms with Crippen molar-refractivity contribution in [2.24, 2.45) is 0 Å². The Hall–Kier alpha value is -2.46. The van der Waals surface area contributed by atoms with Gasteiger partial charge >= 0.3 is 5.97 Å². The number of thiazole rings is 1. The maximum Gasteiger partial charge on any atom is 0.338 e. The lowest BCUT2D eigenvalue weighted by molar-refractivity contribution is 0.0467. The Morgan fingerprint density at radius 3 is 2.52 bits per heavy atom. The fraction of sp³-hybridized carbons (Fsp3) is 0.238. The highest BCUT2D eigenvalue weighted by molar-refractivity contribution is 7.13. The fourth-order valence-electron chi connectivity index (χ4n) is 2.54. The first-order chi connectivity index (χ1) is 12.0. The first-order valence-corrected chi connectivity index (χ1v) is 9.20. The number of esters is 1. The Bertz CT molecular complexity index is 866. The lowest BCUT2D eigenvalue weighted by Crippen LogP contribution is -2.07. The summed E-state index contributed by atoms with van der Waals surface area (Å²) in [4.78, 5) is 16.8. The van der Waals surface area contributed by atoms with E-state index in [9.17, 15) is 4.79 Å². The molecule has 25 heavy (non-hydrogen) atoms. The molecule has 0 fully saturated rings. The fourth-order valence-corrected chi connectivity index (χ4v) is 3.35. The molecule has 0 saturated carbocycles. The van der Waals surface area contributed by atoms with E-state index in [1.165, 1.54) is 5.56 Å². The van der Waals surface area contributed by atoms with Crippen LogP contribution in [0.1, 0.15) is 46.9 Å². The Morgan fingerprint density at radius 2 is 1.84 bits per heavy atom. The Morgan fingerprint density at radius 1 is 1.12 bits per heavy atom. The van der Waals surface area contributed by atoms with Gasteiger partial charge in [-0.1, -0.05) is 56.3 Å². The summed E-state index contributed by atoms with van der Waals surface area (Å²) in [5.41, 5.74) is 4.69. The van der Waals surface area contributed by atoms with Gasteiger partial charge in [-0.05, 0) is 30.0 Å². The monoisotopic (exact) mass is 351 g/mol. The van der Waals surface area contributed by atoms with Gasteiger partial charge in [0, 0.05) is 10.9 Å². The number of benzene rings is 2. The molecule has 0 N–H and O–H groups in total. The molecule has 3 rings (SSSR count). The number of nitrogens with zero attached hydrogens (tertiary/aromatic N) is 1. The van der Waals surface area contributed by atoms with E-state index in [0.29, 0.717) is 11.5 Å². The van der Waals surface area contributed by atoms with Gasteiger partial charge in [0.1, 0.15) is 11.6 Å². The van der Waals surface area contributed by atoms with Crippen molar-refractivity contribution in [3.63, 3.8) is 0 Å². The lowest BCUT2D eigenvalue weighted by Gasteiger charge is -2.06. The molecular weight excluding hydrogens is 330 g/mol. The quantitative estimate of drug-likeness (QED) is 0.562. The van der Waals surface area contributed by atoms with Crippen molar-refractivity contribution in [2.75, 3.05) is 0 Å². The van der Waals surface area contributed by atoms with Crippen LogP contribution in [0.2, 0.25) is 0 Å². The normalized spacial score (nSPS) is 10.9. The minimum atomic E-state index is -0.311. The predicted octanol–water partition coefficient (Wildman–Crippen LogP) is 5.60. The number of rotatable bonds is 5. The average molecular weight is 351 g/mol. The Kier molecular flexibility index (Phi) is 5.29. The summed E-state index contributed by atoms with van der Waals surface area (Å²) in [5.74, 6) is 0.204. The van der Waals surface area contributed by atoms with Crippen LogP contribution in [0.3, 0.4) is 0 Å². The second-order valence-corrected chi connectivity index (χ2v) is 7.17. The van der Waals surface area contributed by atoms with Gasteiger partial charge in [0.25, 0.3) is 0 Å². The van der Waals surface area contributed by atoms with E-state index < -0.39 is 0 Å². The maximum atomic E-state index is 12.2. The first kappa shape index (κ1) is 17.4. The van der Waals surface area contributed by atoms with Crippen LogP contribution < -0.4 is 0 Å². The minimum Gasteiger partial charge on any atom is -0.456 e. The molecule has 1 aromatic heterocycles. The number of hydrogen-bond donors (Lipinski definition) is 0. The Labute approximate surface area is 152 Å². The van der Waals surface area contributed by atoms with Gasteiger partial charge < -0.3 is 4.74 Å². The number of hydrogen-bond acceptors (Lipinski definition) is 4. The van der Waals surface area contributed by atoms with Crippen molar-refractivity contribution in [1.29, 1.82) is 0 Å². The first-order valence-electron chi connectivity index (χ1n) is 8.32. The molecule has 1 heterocycles. The number of ether oxygens (including phenoxy) is 1. The summed E-state index contributed by atoms with van der Waals surface area (Å²) in [6.07, 6.45) is 0. The summed E-state index contributed by atoms with van der Waals surface area (Å²) in [6.45, 7) is 6.45. The molecule has 0 spiro atoms. The molecule has 0 saturated heterocycles. The molecule has 0 atom stereocenters. The number of aryl methyl sites for hydroxylation is 1. The predicted molar refractivity (Wildman–Crippen MR) is 102 cm³/mol. The van der Waals surface area contributed by atoms with Crippen molar-refractivity contribution in [3.8, 4) is 10.6 Å². The van der Waals surface area contributed by atoms with E-state index in [1.54, 1.807) is 17.4 Å². The van der Waals surface area contributed by atoms with E-state index in [0.717, 1.165) is 21.8 Å². The van der Waals surface area contributed by atoms with E-state index >= 15 is 0 Å². The molecule has 0 aliphatic carbocycles. The standard InChI is InChI=1S/C21H21NO2S/c1-14(2)16-8-10-17(11-9-16)20-22-18(13-25-20)12-24-21(23)19-7-5-4-6-15(19)3/h4-11,13-14H,12H2,1-3H3. The third-order valence-electron chi connectivity index (χ3n) is 4.09. The smallest absolute Gasteiger partial charge is 0.338 e. The molecule has 0 unspecified atom stereocenters. The molecule has 3 nitrogen and oxygen atoms in total. The molecule has 4 heteroatoms. The van der Waals surface area contributed by atoms with Crippen LogP contribution >= 0.6 is 11.3 Å². The Balaban J connectivity index is 1.66. The van der Waals surface area contributed by atoms with Crippen molar-refractivity contribution < 1.29 is 9.53 Å². The van der Waals surface area contributed by atoms with Gasteiger partial charge in [0.05, 0.1) is 11.3 Å². The van der Waals surface area contributed by atoms with Gasteiger partial charge in [-0.2, -0.15) is 0 Å². The van der Waals surface area contributed by atoms with Crippen molar-refractivity contribution >= 4 is 17.3 Å². The van der Waals surface area contributed by atoms with Gasteiger partial charge in [0.2, 0.25) is 0 Å². The molecule has 0 amide bonds. The van der Waals surface area contributed by atoms with Gasteiger partial charge in [-0.25, -0.2) is 9.78 Å². The van der Waals surface area contributed by atoms with E-state index in [1.807, 2.05) is 30.5 Å². The zero-order valence-electron chi connectivity index (χ0n) is 14.7. The second-order valence-electron chi connectivity index (χ2n) is 6.31. The van der Waals surface area contributed by atoms with Crippen molar-refractivity contribution in [3.05, 3.63) is 76.3 Å². The van der Waals surface area contributed by atoms with Crippen LogP contribution in [0.4, 0.5) is 0 Å². The van der Waals surface area contributed by atoms with Crippen LogP contribution in [0.15, 0.2) is 53.9 Å². The van der Waals surface area contributed by atoms with Crippen molar-refractivity contribution in [2.45, 2.75) is 33.3 Å². The largest absolute Gasteiger partial charge is 0.456 e. The van der Waals surface area contributed by atoms with Gasteiger partial charge in [-0.15, -0.1) is 11.3 Å². The molecule has 0 aliphatic heterocycles. The molecular formula is C21H21NO2S. The molecule has 0 bridgehead atoms. The highest BCUT2D eigenvalue weighted by Crippen LogP contribution is 2.26. The average Bonchev–Trinajstić information content (AvgIpc) is 3.09. The van der Waals surface area contributed by atoms with Crippen LogP contribution in [0, 0.1) is 6.92 Å². The number of carbonyl (C=O) groups is 1. The van der Waals surface area contributed by atoms with Gasteiger partial charge in [0.15, 0.2) is 0 Å². The zero-order valence-corrected chi connectivity index (χ0v) is 15.5. The minimum absolute atomic E-state index is 0.188. The third-order valence-corrected chi connectivity index (χ3v) is 5.03. The van der Waals surface area contributed by atoms with Gasteiger partial charge in [-0.3, -0.25) is 0 Å². The second kappa shape index (κ2) is 7.62. The van der Waals surface area contributed by atoms with E-state index in [4.69, 9.17) is 4.74 Å². The number of carbonyl (C=O) groups excluding carboxylic acids is 1. The summed E-state index contributed by atoms with van der Waals surface area (Å²) >= 11 is 1.57. The van der Waals surface area contributed by atoms with Crippen LogP contribution in [0.25, 0.3) is 10.6 Å². The molecule has 0 radical (unpaired) electrons. The SMILES string of the molecule is Cc1ccccc1C(=O)OCc1csc(-c2ccc(C(C)C)cc2)n1. The zero-order chi connectivity index (χ0) is 17.8. The van der Waals surface area contributed by atoms with Crippen LogP contribution in [-0.2, 0) is 11.3 Å². The maximum absolute atomic E-state index is 12.2. The molecule has 2 aromatic carbocycles. The van der Waals surface area contributed by atoms with Crippen molar-refractivity contribution in [1.82, 2.24) is 4.98 Å². The number of aromatic nitrogens is 1. The van der Waals surface area contributed by atoms with E-state index in [-0.39, 0.29) is 12.6 Å². The highest BCUT2D eigenvalue weighted by Gasteiger charge is 2.12. The molecule has 3 aromatic rings. The summed E-state index contributed by atoms with van der Waals surface area (Å²) < 4.78 is 5.40. The third kappa shape index (κ3) is 4.15. The molecule has 128 valence electrons. The molecule has 0 aliphatic rings. The van der Waals surface area contributed by atoms with Crippen LogP contribution in [0.5, 0.6) is 0 Å². The summed E-state index contributed by atoms with van der Waals surface area (Å²) in [5, 5.41) is 2.88.